The van der Waals surface area contributed by atoms with Crippen molar-refractivity contribution < 1.29 is 19.4 Å². The third-order valence-corrected chi connectivity index (χ3v) is 2.01. The zero-order chi connectivity index (χ0) is 14.5. The molecule has 0 bridgehead atoms. The van der Waals surface area contributed by atoms with Crippen molar-refractivity contribution in [2.45, 2.75) is 45.3 Å². The lowest BCUT2D eigenvalue weighted by Crippen LogP contribution is -2.35. The van der Waals surface area contributed by atoms with Gasteiger partial charge >= 0.3 is 12.1 Å². The Morgan fingerprint density at radius 2 is 2.16 bits per heavy atom. The van der Waals surface area contributed by atoms with Gasteiger partial charge in [0.25, 0.3) is 0 Å². The molecule has 19 heavy (non-hydrogen) atoms. The van der Waals surface area contributed by atoms with Gasteiger partial charge in [0.1, 0.15) is 5.60 Å². The van der Waals surface area contributed by atoms with Gasteiger partial charge in [-0.25, -0.2) is 4.79 Å². The van der Waals surface area contributed by atoms with E-state index in [1.807, 2.05) is 0 Å². The highest BCUT2D eigenvalue weighted by atomic mass is 16.6. The molecule has 0 aliphatic heterocycles. The van der Waals surface area contributed by atoms with Crippen LogP contribution in [0.4, 0.5) is 4.79 Å². The van der Waals surface area contributed by atoms with E-state index in [-0.39, 0.29) is 18.7 Å². The second-order valence-corrected chi connectivity index (χ2v) is 4.90. The highest BCUT2D eigenvalue weighted by molar-refractivity contribution is 5.69. The number of hydrogen-bond donors (Lipinski definition) is 3. The Hall–Kier alpha value is -2.19. The third kappa shape index (κ3) is 5.80. The Morgan fingerprint density at radius 3 is 2.63 bits per heavy atom. The number of nitrogens with zero attached hydrogens (tertiary/aromatic N) is 3. The number of nitrogens with one attached hydrogen (secondary N) is 2. The Morgan fingerprint density at radius 1 is 1.47 bits per heavy atom. The zero-order valence-corrected chi connectivity index (χ0v) is 11.0. The van der Waals surface area contributed by atoms with Crippen molar-refractivity contribution in [1.82, 2.24) is 25.9 Å². The maximum absolute atomic E-state index is 11.6. The first-order chi connectivity index (χ1) is 8.78. The van der Waals surface area contributed by atoms with E-state index < -0.39 is 23.7 Å². The SMILES string of the molecule is CC(C)(C)OC(=O)N[C@@H](CCC(=O)O)c1nn[nH]n1. The first-order valence-electron chi connectivity index (χ1n) is 5.72. The van der Waals surface area contributed by atoms with Crippen LogP contribution in [-0.4, -0.2) is 43.4 Å². The van der Waals surface area contributed by atoms with Crippen molar-refractivity contribution in [3.05, 3.63) is 5.82 Å². The van der Waals surface area contributed by atoms with Crippen LogP contribution in [0, 0.1) is 0 Å². The van der Waals surface area contributed by atoms with Gasteiger partial charge in [0.05, 0.1) is 6.04 Å². The van der Waals surface area contributed by atoms with Gasteiger partial charge in [-0.2, -0.15) is 5.21 Å². The van der Waals surface area contributed by atoms with Gasteiger partial charge in [0.2, 0.25) is 0 Å². The summed E-state index contributed by atoms with van der Waals surface area (Å²) < 4.78 is 5.09. The molecule has 1 aromatic rings. The molecule has 106 valence electrons. The van der Waals surface area contributed by atoms with Gasteiger partial charge in [-0.3, -0.25) is 4.79 Å². The van der Waals surface area contributed by atoms with E-state index >= 15 is 0 Å². The van der Waals surface area contributed by atoms with Crippen LogP contribution in [0.5, 0.6) is 0 Å². The molecule has 0 fully saturated rings. The van der Waals surface area contributed by atoms with Crippen molar-refractivity contribution in [3.8, 4) is 0 Å². The normalized spacial score (nSPS) is 12.8. The van der Waals surface area contributed by atoms with E-state index in [0.717, 1.165) is 0 Å². The van der Waals surface area contributed by atoms with Crippen LogP contribution in [0.15, 0.2) is 0 Å². The number of carboxylic acids is 1. The molecule has 0 aliphatic carbocycles. The molecule has 0 aliphatic rings. The number of aromatic amines is 1. The van der Waals surface area contributed by atoms with Gasteiger partial charge in [-0.1, -0.05) is 5.21 Å². The largest absolute Gasteiger partial charge is 0.481 e. The highest BCUT2D eigenvalue weighted by Crippen LogP contribution is 2.15. The van der Waals surface area contributed by atoms with Crippen LogP contribution in [0.2, 0.25) is 0 Å². The fourth-order valence-corrected chi connectivity index (χ4v) is 1.30. The van der Waals surface area contributed by atoms with E-state index in [1.165, 1.54) is 0 Å². The number of rotatable bonds is 5. The molecule has 9 nitrogen and oxygen atoms in total. The summed E-state index contributed by atoms with van der Waals surface area (Å²) in [5.41, 5.74) is -0.640. The summed E-state index contributed by atoms with van der Waals surface area (Å²) in [5, 5.41) is 24.3. The molecule has 0 spiro atoms. The summed E-state index contributed by atoms with van der Waals surface area (Å²) in [5.74, 6) is -0.758. The topological polar surface area (TPSA) is 130 Å². The van der Waals surface area contributed by atoms with Gasteiger partial charge in [0.15, 0.2) is 5.82 Å². The number of carbonyl (C=O) groups excluding carboxylic acids is 1. The number of aliphatic carboxylic acids is 1. The summed E-state index contributed by atoms with van der Waals surface area (Å²) >= 11 is 0. The summed E-state index contributed by atoms with van der Waals surface area (Å²) in [6, 6.07) is -0.662. The summed E-state index contributed by atoms with van der Waals surface area (Å²) in [6.45, 7) is 5.19. The Labute approximate surface area is 109 Å². The Bertz CT molecular complexity index is 426. The van der Waals surface area contributed by atoms with Crippen LogP contribution < -0.4 is 5.32 Å². The number of H-pyrrole nitrogens is 1. The Balaban J connectivity index is 2.64. The van der Waals surface area contributed by atoms with Crippen LogP contribution in [0.1, 0.15) is 45.5 Å². The molecule has 0 radical (unpaired) electrons. The number of ether oxygens (including phenoxy) is 1. The minimum Gasteiger partial charge on any atom is -0.481 e. The van der Waals surface area contributed by atoms with Crippen LogP contribution >= 0.6 is 0 Å². The molecule has 1 atom stereocenters. The fourth-order valence-electron chi connectivity index (χ4n) is 1.30. The predicted molar refractivity (Wildman–Crippen MR) is 63.2 cm³/mol. The van der Waals surface area contributed by atoms with E-state index in [2.05, 4.69) is 25.9 Å². The Kier molecular flexibility index (Phi) is 4.79. The van der Waals surface area contributed by atoms with Crippen molar-refractivity contribution >= 4 is 12.1 Å². The van der Waals surface area contributed by atoms with Crippen molar-refractivity contribution in [2.24, 2.45) is 0 Å². The molecule has 0 unspecified atom stereocenters. The average Bonchev–Trinajstić information content (AvgIpc) is 2.74. The molecule has 0 saturated carbocycles. The lowest BCUT2D eigenvalue weighted by atomic mass is 10.1. The molecule has 1 heterocycles. The molecule has 9 heteroatoms. The standard InChI is InChI=1S/C10H17N5O4/c1-10(2,3)19-9(18)11-6(4-5-7(16)17)8-12-14-15-13-8/h6H,4-5H2,1-3H3,(H,11,18)(H,16,17)(H,12,13,14,15)/t6-/m0/s1. The maximum Gasteiger partial charge on any atom is 0.408 e. The molecular formula is C10H17N5O4. The van der Waals surface area contributed by atoms with Crippen LogP contribution in [0.3, 0.4) is 0 Å². The number of hydrogen-bond acceptors (Lipinski definition) is 6. The smallest absolute Gasteiger partial charge is 0.408 e. The second-order valence-electron chi connectivity index (χ2n) is 4.90. The minimum atomic E-state index is -0.973. The maximum atomic E-state index is 11.6. The van der Waals surface area contributed by atoms with Gasteiger partial charge in [-0.15, -0.1) is 10.2 Å². The fraction of sp³-hybridized carbons (Fsp3) is 0.700. The summed E-state index contributed by atoms with van der Waals surface area (Å²) in [7, 11) is 0. The highest BCUT2D eigenvalue weighted by Gasteiger charge is 2.23. The lowest BCUT2D eigenvalue weighted by molar-refractivity contribution is -0.137. The van der Waals surface area contributed by atoms with Crippen LogP contribution in [0.25, 0.3) is 0 Å². The minimum absolute atomic E-state index is 0.130. The number of amides is 1. The van der Waals surface area contributed by atoms with E-state index in [9.17, 15) is 9.59 Å². The number of carboxylic acid groups (broad SMARTS) is 1. The summed E-state index contributed by atoms with van der Waals surface area (Å²) in [6.07, 6.45) is -0.643. The molecular weight excluding hydrogens is 254 g/mol. The quantitative estimate of drug-likeness (QED) is 0.715. The van der Waals surface area contributed by atoms with Gasteiger partial charge in [-0.05, 0) is 27.2 Å². The zero-order valence-electron chi connectivity index (χ0n) is 11.0. The van der Waals surface area contributed by atoms with Crippen molar-refractivity contribution in [2.75, 3.05) is 0 Å². The molecule has 3 N–H and O–H groups in total. The number of tetrazole rings is 1. The van der Waals surface area contributed by atoms with E-state index in [1.54, 1.807) is 20.8 Å². The monoisotopic (exact) mass is 271 g/mol. The molecule has 0 aromatic carbocycles. The molecule has 1 amide bonds. The molecule has 0 saturated heterocycles. The molecule has 1 rings (SSSR count). The number of carbonyl (C=O) groups is 2. The lowest BCUT2D eigenvalue weighted by Gasteiger charge is -2.22. The van der Waals surface area contributed by atoms with Crippen molar-refractivity contribution in [1.29, 1.82) is 0 Å². The summed E-state index contributed by atoms with van der Waals surface area (Å²) in [4.78, 5) is 22.2. The third-order valence-electron chi connectivity index (χ3n) is 2.01. The first kappa shape index (κ1) is 14.9. The molecule has 1 aromatic heterocycles. The first-order valence-corrected chi connectivity index (χ1v) is 5.72. The van der Waals surface area contributed by atoms with Gasteiger partial charge < -0.3 is 15.2 Å². The van der Waals surface area contributed by atoms with E-state index in [4.69, 9.17) is 9.84 Å². The number of alkyl carbamates (subject to hydrolysis) is 1. The van der Waals surface area contributed by atoms with Crippen LogP contribution in [-0.2, 0) is 9.53 Å². The van der Waals surface area contributed by atoms with Crippen molar-refractivity contribution in [3.63, 3.8) is 0 Å². The second kappa shape index (κ2) is 6.12. The van der Waals surface area contributed by atoms with E-state index in [0.29, 0.717) is 0 Å². The number of aromatic nitrogens is 4. The average molecular weight is 271 g/mol. The van der Waals surface area contributed by atoms with Gasteiger partial charge in [0, 0.05) is 6.42 Å². The predicted octanol–water partition coefficient (Wildman–Crippen LogP) is 0.630.